The van der Waals surface area contributed by atoms with Crippen LogP contribution in [0, 0.1) is 5.92 Å². The number of carbonyl (C=O) groups is 3. The molecule has 0 spiro atoms. The maximum absolute atomic E-state index is 13.5. The minimum Gasteiger partial charge on any atom is -0.469 e. The van der Waals surface area contributed by atoms with Crippen LogP contribution in [-0.2, 0) is 33.4 Å². The number of methoxy groups -OCH3 is 2. The molecule has 0 bridgehead atoms. The molecule has 2 heterocycles. The van der Waals surface area contributed by atoms with Crippen LogP contribution in [0.1, 0.15) is 6.42 Å². The van der Waals surface area contributed by atoms with Gasteiger partial charge in [-0.15, -0.1) is 0 Å². The first kappa shape index (κ1) is 24.8. The van der Waals surface area contributed by atoms with Crippen molar-refractivity contribution in [3.63, 3.8) is 0 Å². The molecule has 0 aliphatic carbocycles. The molecule has 2 aliphatic heterocycles. The van der Waals surface area contributed by atoms with Crippen LogP contribution in [-0.4, -0.2) is 102 Å². The van der Waals surface area contributed by atoms with E-state index >= 15 is 0 Å². The second kappa shape index (κ2) is 10.4. The number of hydrogen-bond donors (Lipinski definition) is 0. The van der Waals surface area contributed by atoms with Gasteiger partial charge in [0.25, 0.3) is 10.1 Å². The van der Waals surface area contributed by atoms with Crippen LogP contribution >= 0.6 is 0 Å². The van der Waals surface area contributed by atoms with Crippen molar-refractivity contribution in [1.82, 2.24) is 9.80 Å². The summed E-state index contributed by atoms with van der Waals surface area (Å²) in [5, 5.41) is 0. The van der Waals surface area contributed by atoms with Crippen molar-refractivity contribution in [2.75, 3.05) is 58.1 Å². The molecule has 11 nitrogen and oxygen atoms in total. The number of nitrogens with zero attached hydrogens (tertiary/aromatic N) is 3. The quantitative estimate of drug-likeness (QED) is 0.430. The van der Waals surface area contributed by atoms with Crippen molar-refractivity contribution in [3.05, 3.63) is 30.3 Å². The number of piperidine rings is 1. The van der Waals surface area contributed by atoms with Crippen molar-refractivity contribution < 1.29 is 36.5 Å². The van der Waals surface area contributed by atoms with E-state index in [1.807, 2.05) is 30.3 Å². The predicted molar refractivity (Wildman–Crippen MR) is 118 cm³/mol. The lowest BCUT2D eigenvalue weighted by atomic mass is 9.86. The number of ether oxygens (including phenoxy) is 2. The van der Waals surface area contributed by atoms with E-state index in [1.165, 1.54) is 7.11 Å². The average molecular weight is 484 g/mol. The zero-order chi connectivity index (χ0) is 24.2. The van der Waals surface area contributed by atoms with Crippen molar-refractivity contribution in [3.8, 4) is 0 Å². The van der Waals surface area contributed by atoms with Gasteiger partial charge in [-0.2, -0.15) is 8.42 Å². The SMILES string of the molecule is COC(=O)[C@H]1C[C@@H](OS(C)(=O)=O)CN(C(=O)OC)[C@@H]1C(=O)N1CCN(c2ccccc2)CC1. The van der Waals surface area contributed by atoms with Gasteiger partial charge in [0.15, 0.2) is 0 Å². The zero-order valence-electron chi connectivity index (χ0n) is 18.9. The average Bonchev–Trinajstić information content (AvgIpc) is 2.81. The molecule has 1 aromatic carbocycles. The normalized spacial score (nSPS) is 23.7. The Labute approximate surface area is 193 Å². The Morgan fingerprint density at radius 3 is 2.15 bits per heavy atom. The molecule has 2 amide bonds. The summed E-state index contributed by atoms with van der Waals surface area (Å²) in [5.41, 5.74) is 1.05. The minimum atomic E-state index is -3.86. The lowest BCUT2D eigenvalue weighted by Crippen LogP contribution is -2.63. The number of benzene rings is 1. The number of rotatable bonds is 5. The monoisotopic (exact) mass is 483 g/mol. The van der Waals surface area contributed by atoms with Gasteiger partial charge in [0.05, 0.1) is 39.0 Å². The molecule has 1 aromatic rings. The molecule has 0 N–H and O–H groups in total. The number of para-hydroxylation sites is 1. The molecule has 2 aliphatic rings. The molecular weight excluding hydrogens is 454 g/mol. The van der Waals surface area contributed by atoms with E-state index in [2.05, 4.69) is 4.90 Å². The van der Waals surface area contributed by atoms with Gasteiger partial charge < -0.3 is 19.3 Å². The summed E-state index contributed by atoms with van der Waals surface area (Å²) in [6.45, 7) is 1.76. The lowest BCUT2D eigenvalue weighted by molar-refractivity contribution is -0.158. The molecule has 33 heavy (non-hydrogen) atoms. The fourth-order valence-electron chi connectivity index (χ4n) is 4.35. The summed E-state index contributed by atoms with van der Waals surface area (Å²) in [4.78, 5) is 43.5. The predicted octanol–water partition coefficient (Wildman–Crippen LogP) is 0.310. The second-order valence-electron chi connectivity index (χ2n) is 8.00. The van der Waals surface area contributed by atoms with Gasteiger partial charge in [0.1, 0.15) is 6.04 Å². The Bertz CT molecular complexity index is 937. The first-order valence-corrected chi connectivity index (χ1v) is 12.4. The molecule has 0 saturated carbocycles. The molecule has 2 saturated heterocycles. The number of hydrogen-bond acceptors (Lipinski definition) is 9. The first-order chi connectivity index (χ1) is 15.6. The highest BCUT2D eigenvalue weighted by Gasteiger charge is 2.49. The maximum Gasteiger partial charge on any atom is 0.410 e. The summed E-state index contributed by atoms with van der Waals surface area (Å²) in [6, 6.07) is 8.62. The van der Waals surface area contributed by atoms with Crippen LogP contribution < -0.4 is 4.90 Å². The molecule has 3 atom stereocenters. The lowest BCUT2D eigenvalue weighted by Gasteiger charge is -2.44. The number of anilines is 1. The molecule has 12 heteroatoms. The smallest absolute Gasteiger partial charge is 0.410 e. The number of piperazine rings is 1. The van der Waals surface area contributed by atoms with E-state index in [4.69, 9.17) is 13.7 Å². The fraction of sp³-hybridized carbons (Fsp3) is 0.571. The van der Waals surface area contributed by atoms with Crippen LogP contribution in [0.25, 0.3) is 0 Å². The maximum atomic E-state index is 13.5. The number of esters is 1. The van der Waals surface area contributed by atoms with E-state index in [9.17, 15) is 22.8 Å². The summed E-state index contributed by atoms with van der Waals surface area (Å²) in [6.07, 6.45) is -1.08. The topological polar surface area (TPSA) is 123 Å². The second-order valence-corrected chi connectivity index (χ2v) is 9.60. The Morgan fingerprint density at radius 2 is 1.61 bits per heavy atom. The third kappa shape index (κ3) is 5.93. The van der Waals surface area contributed by atoms with Crippen LogP contribution in [0.2, 0.25) is 0 Å². The van der Waals surface area contributed by atoms with Gasteiger partial charge in [0, 0.05) is 31.9 Å². The summed E-state index contributed by atoms with van der Waals surface area (Å²) >= 11 is 0. The third-order valence-corrected chi connectivity index (χ3v) is 6.45. The molecule has 0 radical (unpaired) electrons. The van der Waals surface area contributed by atoms with Gasteiger partial charge in [-0.1, -0.05) is 18.2 Å². The summed E-state index contributed by atoms with van der Waals surface area (Å²) in [7, 11) is -1.54. The highest BCUT2D eigenvalue weighted by Crippen LogP contribution is 2.30. The standard InChI is InChI=1S/C21H29N3O8S/c1-30-20(26)17-13-16(32-33(3,28)29)14-24(21(27)31-2)18(17)19(25)23-11-9-22(10-12-23)15-7-5-4-6-8-15/h4-8,16-18H,9-14H2,1-3H3/t16-,17+,18+/m1/s1. The molecular formula is C21H29N3O8S. The molecule has 2 fully saturated rings. The molecule has 0 aromatic heterocycles. The number of carbonyl (C=O) groups excluding carboxylic acids is 3. The van der Waals surface area contributed by atoms with Crippen molar-refractivity contribution in [2.45, 2.75) is 18.6 Å². The van der Waals surface area contributed by atoms with Crippen LogP contribution in [0.15, 0.2) is 30.3 Å². The molecule has 3 rings (SSSR count). The van der Waals surface area contributed by atoms with E-state index in [0.717, 1.165) is 24.0 Å². The van der Waals surface area contributed by atoms with E-state index < -0.39 is 46.2 Å². The van der Waals surface area contributed by atoms with E-state index in [1.54, 1.807) is 4.90 Å². The van der Waals surface area contributed by atoms with Crippen LogP contribution in [0.5, 0.6) is 0 Å². The number of likely N-dealkylation sites (tertiary alicyclic amines) is 1. The van der Waals surface area contributed by atoms with E-state index in [0.29, 0.717) is 26.2 Å². The Balaban J connectivity index is 1.81. The Hall–Kier alpha value is -2.86. The fourth-order valence-corrected chi connectivity index (χ4v) is 4.99. The number of amides is 2. The van der Waals surface area contributed by atoms with Crippen LogP contribution in [0.3, 0.4) is 0 Å². The Morgan fingerprint density at radius 1 is 0.970 bits per heavy atom. The molecule has 0 unspecified atom stereocenters. The van der Waals surface area contributed by atoms with Gasteiger partial charge in [-0.25, -0.2) is 4.79 Å². The highest BCUT2D eigenvalue weighted by molar-refractivity contribution is 7.86. The van der Waals surface area contributed by atoms with Gasteiger partial charge in [-0.05, 0) is 18.6 Å². The molecule has 182 valence electrons. The van der Waals surface area contributed by atoms with Crippen LogP contribution in [0.4, 0.5) is 10.5 Å². The van der Waals surface area contributed by atoms with Gasteiger partial charge in [0.2, 0.25) is 5.91 Å². The summed E-state index contributed by atoms with van der Waals surface area (Å²) < 4.78 is 38.0. The summed E-state index contributed by atoms with van der Waals surface area (Å²) in [5.74, 6) is -2.25. The Kier molecular flexibility index (Phi) is 7.80. The van der Waals surface area contributed by atoms with Crippen molar-refractivity contribution in [2.24, 2.45) is 5.92 Å². The zero-order valence-corrected chi connectivity index (χ0v) is 19.7. The first-order valence-electron chi connectivity index (χ1n) is 10.5. The third-order valence-electron chi connectivity index (χ3n) is 5.82. The van der Waals surface area contributed by atoms with Gasteiger partial charge >= 0.3 is 12.1 Å². The van der Waals surface area contributed by atoms with E-state index in [-0.39, 0.29) is 13.0 Å². The van der Waals surface area contributed by atoms with Gasteiger partial charge in [-0.3, -0.25) is 18.7 Å². The minimum absolute atomic E-state index is 0.0897. The van der Waals surface area contributed by atoms with Crippen molar-refractivity contribution >= 4 is 33.8 Å². The largest absolute Gasteiger partial charge is 0.469 e. The van der Waals surface area contributed by atoms with Crippen molar-refractivity contribution in [1.29, 1.82) is 0 Å². The highest BCUT2D eigenvalue weighted by atomic mass is 32.2.